The molecule has 21 heavy (non-hydrogen) atoms. The number of amides is 2. The number of carbonyl (C=O) groups excluding carboxylic acids is 1. The number of halogens is 1. The molecule has 2 rings (SSSR count). The van der Waals surface area contributed by atoms with Crippen molar-refractivity contribution in [1.82, 2.24) is 4.90 Å². The molecule has 1 aromatic carbocycles. The van der Waals surface area contributed by atoms with Crippen molar-refractivity contribution in [2.75, 3.05) is 25.5 Å². The van der Waals surface area contributed by atoms with Crippen LogP contribution in [0.2, 0.25) is 0 Å². The molecule has 1 atom stereocenters. The van der Waals surface area contributed by atoms with Crippen LogP contribution in [0.1, 0.15) is 31.2 Å². The third-order valence-corrected chi connectivity index (χ3v) is 3.75. The predicted molar refractivity (Wildman–Crippen MR) is 81.0 cm³/mol. The molecule has 1 heterocycles. The largest absolute Gasteiger partial charge is 0.378 e. The molecule has 1 aliphatic rings. The zero-order valence-electron chi connectivity index (χ0n) is 12.7. The fraction of sp³-hybridized carbons (Fsp3) is 0.562. The highest BCUT2D eigenvalue weighted by Crippen LogP contribution is 2.18. The molecule has 2 amide bonds. The number of benzene rings is 1. The topological polar surface area (TPSA) is 41.6 Å². The Hall–Kier alpha value is -1.62. The molecule has 1 fully saturated rings. The summed E-state index contributed by atoms with van der Waals surface area (Å²) in [4.78, 5) is 13.6. The second kappa shape index (κ2) is 7.41. The maximum absolute atomic E-state index is 13.6. The maximum atomic E-state index is 13.6. The summed E-state index contributed by atoms with van der Waals surface area (Å²) in [7, 11) is 1.72. The Kier molecular flexibility index (Phi) is 5.56. The van der Waals surface area contributed by atoms with E-state index in [4.69, 9.17) is 4.74 Å². The lowest BCUT2D eigenvalue weighted by atomic mass is 10.1. The Morgan fingerprint density at radius 3 is 3.05 bits per heavy atom. The number of hydrogen-bond acceptors (Lipinski definition) is 2. The highest BCUT2D eigenvalue weighted by molar-refractivity contribution is 5.89. The van der Waals surface area contributed by atoms with Crippen molar-refractivity contribution in [1.29, 1.82) is 0 Å². The van der Waals surface area contributed by atoms with Gasteiger partial charge in [0.25, 0.3) is 0 Å². The van der Waals surface area contributed by atoms with E-state index in [0.29, 0.717) is 12.6 Å². The number of ether oxygens (including phenoxy) is 1. The fourth-order valence-electron chi connectivity index (χ4n) is 2.48. The van der Waals surface area contributed by atoms with Gasteiger partial charge in [-0.1, -0.05) is 6.07 Å². The van der Waals surface area contributed by atoms with Crippen LogP contribution in [0.15, 0.2) is 18.2 Å². The van der Waals surface area contributed by atoms with Crippen LogP contribution in [0.25, 0.3) is 0 Å². The van der Waals surface area contributed by atoms with Crippen LogP contribution in [0.5, 0.6) is 0 Å². The van der Waals surface area contributed by atoms with Crippen LogP contribution in [-0.4, -0.2) is 37.2 Å². The molecule has 1 saturated heterocycles. The molecule has 0 unspecified atom stereocenters. The first kappa shape index (κ1) is 15.8. The zero-order valence-corrected chi connectivity index (χ0v) is 12.7. The molecule has 4 nitrogen and oxygen atoms in total. The highest BCUT2D eigenvalue weighted by Gasteiger charge is 2.16. The minimum atomic E-state index is -0.415. The standard InChI is InChI=1S/C16H23FN2O2/c1-12-7-8-14(17)15(11-12)18-16(20)19(2)9-3-5-13-6-4-10-21-13/h7-8,11,13H,3-6,9-10H2,1-2H3,(H,18,20)/t13-/m1/s1. The van der Waals surface area contributed by atoms with E-state index in [-0.39, 0.29) is 11.7 Å². The van der Waals surface area contributed by atoms with Gasteiger partial charge in [0.2, 0.25) is 0 Å². The van der Waals surface area contributed by atoms with Gasteiger partial charge in [0.05, 0.1) is 11.8 Å². The van der Waals surface area contributed by atoms with Crippen LogP contribution >= 0.6 is 0 Å². The summed E-state index contributed by atoms with van der Waals surface area (Å²) in [5, 5.41) is 2.61. The average molecular weight is 294 g/mol. The predicted octanol–water partition coefficient (Wildman–Crippen LogP) is 3.56. The Labute approximate surface area is 125 Å². The van der Waals surface area contributed by atoms with E-state index in [1.807, 2.05) is 6.92 Å². The van der Waals surface area contributed by atoms with Crippen molar-refractivity contribution in [3.05, 3.63) is 29.6 Å². The first-order valence-corrected chi connectivity index (χ1v) is 7.46. The van der Waals surface area contributed by atoms with E-state index in [9.17, 15) is 9.18 Å². The van der Waals surface area contributed by atoms with Crippen molar-refractivity contribution in [3.8, 4) is 0 Å². The number of nitrogens with one attached hydrogen (secondary N) is 1. The third-order valence-electron chi connectivity index (χ3n) is 3.75. The molecule has 0 radical (unpaired) electrons. The smallest absolute Gasteiger partial charge is 0.321 e. The Morgan fingerprint density at radius 2 is 2.33 bits per heavy atom. The van der Waals surface area contributed by atoms with Crippen LogP contribution in [0.3, 0.4) is 0 Å². The molecule has 0 aliphatic carbocycles. The average Bonchev–Trinajstić information content (AvgIpc) is 2.96. The van der Waals surface area contributed by atoms with E-state index < -0.39 is 5.82 Å². The highest BCUT2D eigenvalue weighted by atomic mass is 19.1. The van der Waals surface area contributed by atoms with E-state index in [2.05, 4.69) is 5.32 Å². The molecule has 0 saturated carbocycles. The number of hydrogen-bond donors (Lipinski definition) is 1. The van der Waals surface area contributed by atoms with Crippen LogP contribution in [0.4, 0.5) is 14.9 Å². The molecule has 116 valence electrons. The summed E-state index contributed by atoms with van der Waals surface area (Å²) in [6.45, 7) is 3.35. The molecular weight excluding hydrogens is 271 g/mol. The van der Waals surface area contributed by atoms with Gasteiger partial charge < -0.3 is 15.0 Å². The van der Waals surface area contributed by atoms with Gasteiger partial charge >= 0.3 is 6.03 Å². The number of rotatable bonds is 5. The minimum absolute atomic E-state index is 0.228. The first-order chi connectivity index (χ1) is 10.1. The van der Waals surface area contributed by atoms with Gasteiger partial charge in [0.15, 0.2) is 0 Å². The van der Waals surface area contributed by atoms with Crippen molar-refractivity contribution < 1.29 is 13.9 Å². The summed E-state index contributed by atoms with van der Waals surface area (Å²) in [5.74, 6) is -0.415. The Morgan fingerprint density at radius 1 is 1.52 bits per heavy atom. The number of nitrogens with zero attached hydrogens (tertiary/aromatic N) is 1. The minimum Gasteiger partial charge on any atom is -0.378 e. The monoisotopic (exact) mass is 294 g/mol. The van der Waals surface area contributed by atoms with Crippen LogP contribution in [0, 0.1) is 12.7 Å². The zero-order chi connectivity index (χ0) is 15.2. The Bertz CT molecular complexity index is 487. The summed E-state index contributed by atoms with van der Waals surface area (Å²) in [6.07, 6.45) is 4.45. The quantitative estimate of drug-likeness (QED) is 0.902. The van der Waals surface area contributed by atoms with Crippen molar-refractivity contribution >= 4 is 11.7 Å². The second-order valence-electron chi connectivity index (χ2n) is 5.61. The number of aryl methyl sites for hydroxylation is 1. The molecule has 1 aliphatic heterocycles. The number of carbonyl (C=O) groups is 1. The fourth-order valence-corrected chi connectivity index (χ4v) is 2.48. The van der Waals surface area contributed by atoms with Crippen LogP contribution in [-0.2, 0) is 4.74 Å². The number of anilines is 1. The van der Waals surface area contributed by atoms with Gasteiger partial charge in [-0.05, 0) is 50.3 Å². The summed E-state index contributed by atoms with van der Waals surface area (Å²) in [6, 6.07) is 4.39. The van der Waals surface area contributed by atoms with E-state index in [1.54, 1.807) is 24.1 Å². The number of urea groups is 1. The molecule has 1 N–H and O–H groups in total. The van der Waals surface area contributed by atoms with E-state index in [0.717, 1.165) is 37.9 Å². The normalized spacial score (nSPS) is 17.8. The SMILES string of the molecule is Cc1ccc(F)c(NC(=O)N(C)CCC[C@@H]2CCCO2)c1. The first-order valence-electron chi connectivity index (χ1n) is 7.46. The van der Waals surface area contributed by atoms with Crippen molar-refractivity contribution in [3.63, 3.8) is 0 Å². The molecule has 5 heteroatoms. The van der Waals surface area contributed by atoms with Gasteiger partial charge in [0.1, 0.15) is 5.82 Å². The van der Waals surface area contributed by atoms with E-state index in [1.165, 1.54) is 6.07 Å². The van der Waals surface area contributed by atoms with Crippen LogP contribution < -0.4 is 5.32 Å². The van der Waals surface area contributed by atoms with Gasteiger partial charge in [-0.3, -0.25) is 0 Å². The lowest BCUT2D eigenvalue weighted by Gasteiger charge is -2.19. The van der Waals surface area contributed by atoms with Gasteiger partial charge in [-0.15, -0.1) is 0 Å². The molecule has 0 bridgehead atoms. The Balaban J connectivity index is 1.77. The summed E-state index contributed by atoms with van der Waals surface area (Å²) >= 11 is 0. The maximum Gasteiger partial charge on any atom is 0.321 e. The second-order valence-corrected chi connectivity index (χ2v) is 5.61. The lowest BCUT2D eigenvalue weighted by molar-refractivity contribution is 0.101. The molecule has 0 aromatic heterocycles. The van der Waals surface area contributed by atoms with Gasteiger partial charge in [-0.25, -0.2) is 9.18 Å². The van der Waals surface area contributed by atoms with E-state index >= 15 is 0 Å². The molecule has 0 spiro atoms. The summed E-state index contributed by atoms with van der Waals surface area (Å²) < 4.78 is 19.2. The lowest BCUT2D eigenvalue weighted by Crippen LogP contribution is -2.32. The van der Waals surface area contributed by atoms with Crippen molar-refractivity contribution in [2.45, 2.75) is 38.7 Å². The third kappa shape index (κ3) is 4.70. The molecule has 1 aromatic rings. The van der Waals surface area contributed by atoms with Crippen molar-refractivity contribution in [2.24, 2.45) is 0 Å². The summed E-state index contributed by atoms with van der Waals surface area (Å²) in [5.41, 5.74) is 1.14. The van der Waals surface area contributed by atoms with Gasteiger partial charge in [0, 0.05) is 20.2 Å². The molecular formula is C16H23FN2O2. The van der Waals surface area contributed by atoms with Gasteiger partial charge in [-0.2, -0.15) is 0 Å².